The highest BCUT2D eigenvalue weighted by molar-refractivity contribution is 6.38. The largest absolute Gasteiger partial charge is 0.386 e. The predicted octanol–water partition coefficient (Wildman–Crippen LogP) is 2.45. The molecule has 4 heteroatoms. The van der Waals surface area contributed by atoms with Crippen LogP contribution < -0.4 is 0 Å². The molecule has 0 bridgehead atoms. The predicted molar refractivity (Wildman–Crippen MR) is 70.2 cm³/mol. The van der Waals surface area contributed by atoms with E-state index in [2.05, 4.69) is 32.8 Å². The first kappa shape index (κ1) is 12.9. The summed E-state index contributed by atoms with van der Waals surface area (Å²) in [5.41, 5.74) is 0.464. The molecule has 0 spiro atoms. The minimum Gasteiger partial charge on any atom is -0.386 e. The molecule has 0 aromatic heterocycles. The zero-order valence-electron chi connectivity index (χ0n) is 11.1. The average molecular weight is 243 g/mol. The van der Waals surface area contributed by atoms with Crippen LogP contribution in [0.5, 0.6) is 0 Å². The van der Waals surface area contributed by atoms with Crippen molar-refractivity contribution in [3.05, 3.63) is 35.5 Å². The molecular weight excluding hydrogens is 227 g/mol. The number of rotatable bonds is 2. The summed E-state index contributed by atoms with van der Waals surface area (Å²) in [6, 6.07) is 0. The van der Waals surface area contributed by atoms with Gasteiger partial charge < -0.3 is 4.74 Å². The summed E-state index contributed by atoms with van der Waals surface area (Å²) in [5.74, 6) is -1.11. The molecule has 93 valence electrons. The Balaban J connectivity index is 2.45. The number of ether oxygens (including phenoxy) is 1. The number of carbonyl (C=O) groups excluding carboxylic acids is 2. The van der Waals surface area contributed by atoms with Gasteiger partial charge in [0.1, 0.15) is 7.28 Å². The Morgan fingerprint density at radius 2 is 1.56 bits per heavy atom. The quantitative estimate of drug-likeness (QED) is 0.425. The van der Waals surface area contributed by atoms with Crippen molar-refractivity contribution in [2.75, 3.05) is 0 Å². The number of carbonyl (C=O) groups is 2. The van der Waals surface area contributed by atoms with Gasteiger partial charge in [-0.15, -0.1) is 0 Å². The highest BCUT2D eigenvalue weighted by atomic mass is 16.6. The van der Waals surface area contributed by atoms with Crippen LogP contribution in [0.25, 0.3) is 0 Å². The van der Waals surface area contributed by atoms with Gasteiger partial charge >= 0.3 is 11.9 Å². The smallest absolute Gasteiger partial charge is 0.346 e. The molecule has 2 rings (SSSR count). The molecule has 3 nitrogen and oxygen atoms in total. The van der Waals surface area contributed by atoms with E-state index in [1.165, 1.54) is 0 Å². The first-order chi connectivity index (χ1) is 8.31. The van der Waals surface area contributed by atoms with Crippen molar-refractivity contribution in [3.63, 3.8) is 0 Å². The van der Waals surface area contributed by atoms with Gasteiger partial charge in [-0.1, -0.05) is 45.1 Å². The molecule has 0 saturated carbocycles. The zero-order chi connectivity index (χ0) is 13.6. The first-order valence-corrected chi connectivity index (χ1v) is 6.00. The van der Waals surface area contributed by atoms with Gasteiger partial charge in [-0.2, -0.15) is 0 Å². The Morgan fingerprint density at radius 3 is 1.94 bits per heavy atom. The van der Waals surface area contributed by atoms with E-state index in [-0.39, 0.29) is 10.7 Å². The van der Waals surface area contributed by atoms with E-state index in [0.717, 1.165) is 0 Å². The van der Waals surface area contributed by atoms with Gasteiger partial charge in [0.25, 0.3) is 0 Å². The minimum atomic E-state index is -0.557. The van der Waals surface area contributed by atoms with Crippen molar-refractivity contribution in [1.29, 1.82) is 0 Å². The van der Waals surface area contributed by atoms with Crippen molar-refractivity contribution in [3.8, 4) is 0 Å². The molecule has 1 aliphatic heterocycles. The summed E-state index contributed by atoms with van der Waals surface area (Å²) in [6.45, 7) is 8.34. The topological polar surface area (TPSA) is 43.4 Å². The van der Waals surface area contributed by atoms with E-state index >= 15 is 0 Å². The van der Waals surface area contributed by atoms with Gasteiger partial charge in [-0.3, -0.25) is 0 Å². The number of hydrogen-bond donors (Lipinski definition) is 0. The second-order valence-electron chi connectivity index (χ2n) is 5.46. The first-order valence-electron chi connectivity index (χ1n) is 6.00. The number of hydrogen-bond acceptors (Lipinski definition) is 3. The third kappa shape index (κ3) is 1.76. The monoisotopic (exact) mass is 243 g/mol. The van der Waals surface area contributed by atoms with Crippen molar-refractivity contribution < 1.29 is 14.3 Å². The Labute approximate surface area is 108 Å². The SMILES string of the molecule is C[B]C(C)(C)C1(C)C=CC2=C(C=C1)C(=O)OC2=O. The Kier molecular flexibility index (Phi) is 2.84. The maximum atomic E-state index is 11.5. The van der Waals surface area contributed by atoms with E-state index in [1.807, 2.05) is 19.0 Å². The Bertz CT molecular complexity index is 475. The Hall–Kier alpha value is -1.58. The van der Waals surface area contributed by atoms with Gasteiger partial charge in [-0.05, 0) is 12.2 Å². The van der Waals surface area contributed by atoms with Crippen LogP contribution in [-0.2, 0) is 14.3 Å². The van der Waals surface area contributed by atoms with Gasteiger partial charge in [0.2, 0.25) is 0 Å². The fraction of sp³-hybridized carbons (Fsp3) is 0.429. The minimum absolute atomic E-state index is 0.0767. The van der Waals surface area contributed by atoms with Crippen LogP contribution in [0.1, 0.15) is 20.8 Å². The summed E-state index contributed by atoms with van der Waals surface area (Å²) < 4.78 is 4.58. The summed E-state index contributed by atoms with van der Waals surface area (Å²) in [7, 11) is 2.12. The number of allylic oxidation sites excluding steroid dienone is 2. The van der Waals surface area contributed by atoms with Crippen molar-refractivity contribution in [2.24, 2.45) is 5.41 Å². The third-order valence-corrected chi connectivity index (χ3v) is 4.22. The molecule has 0 atom stereocenters. The van der Waals surface area contributed by atoms with E-state index < -0.39 is 11.9 Å². The molecule has 0 aromatic rings. The normalized spacial score (nSPS) is 21.8. The highest BCUT2D eigenvalue weighted by Crippen LogP contribution is 2.48. The lowest BCUT2D eigenvalue weighted by Crippen LogP contribution is -2.29. The van der Waals surface area contributed by atoms with Crippen molar-refractivity contribution in [2.45, 2.75) is 32.9 Å². The highest BCUT2D eigenvalue weighted by Gasteiger charge is 2.39. The maximum Gasteiger partial charge on any atom is 0.346 e. The molecule has 1 aliphatic carbocycles. The number of esters is 2. The standard InChI is InChI=1S/C14H16BO3/c1-13(2,15-4)14(3)7-5-9-10(6-8-14)12(17)18-11(9)16/h5-8H,1-4H3. The zero-order valence-corrected chi connectivity index (χ0v) is 11.1. The maximum absolute atomic E-state index is 11.5. The summed E-state index contributed by atoms with van der Waals surface area (Å²) in [6.07, 6.45) is 7.33. The van der Waals surface area contributed by atoms with Gasteiger partial charge in [0.15, 0.2) is 0 Å². The fourth-order valence-electron chi connectivity index (χ4n) is 2.04. The number of cyclic esters (lactones) is 2. The lowest BCUT2D eigenvalue weighted by molar-refractivity contribution is -0.150. The third-order valence-electron chi connectivity index (χ3n) is 4.22. The van der Waals surface area contributed by atoms with Crippen LogP contribution in [0.2, 0.25) is 12.1 Å². The van der Waals surface area contributed by atoms with Crippen LogP contribution in [0.3, 0.4) is 0 Å². The molecule has 2 aliphatic rings. The van der Waals surface area contributed by atoms with E-state index in [0.29, 0.717) is 11.1 Å². The molecule has 0 saturated heterocycles. The molecule has 18 heavy (non-hydrogen) atoms. The van der Waals surface area contributed by atoms with Crippen molar-refractivity contribution >= 4 is 19.2 Å². The Morgan fingerprint density at radius 1 is 1.11 bits per heavy atom. The van der Waals surface area contributed by atoms with Crippen LogP contribution in [0.15, 0.2) is 35.5 Å². The molecular formula is C14H16BO3. The lowest BCUT2D eigenvalue weighted by Gasteiger charge is -2.39. The fourth-order valence-corrected chi connectivity index (χ4v) is 2.04. The lowest BCUT2D eigenvalue weighted by atomic mass is 9.45. The van der Waals surface area contributed by atoms with Gasteiger partial charge in [0, 0.05) is 5.41 Å². The van der Waals surface area contributed by atoms with E-state index in [1.54, 1.807) is 12.2 Å². The molecule has 0 amide bonds. The van der Waals surface area contributed by atoms with Crippen molar-refractivity contribution in [1.82, 2.24) is 0 Å². The molecule has 0 unspecified atom stereocenters. The van der Waals surface area contributed by atoms with Gasteiger partial charge in [0.05, 0.1) is 11.1 Å². The second kappa shape index (κ2) is 3.97. The second-order valence-corrected chi connectivity index (χ2v) is 5.46. The van der Waals surface area contributed by atoms with Crippen LogP contribution in [0, 0.1) is 5.41 Å². The summed E-state index contributed by atoms with van der Waals surface area (Å²) in [4.78, 5) is 23.0. The van der Waals surface area contributed by atoms with E-state index in [9.17, 15) is 9.59 Å². The van der Waals surface area contributed by atoms with Crippen LogP contribution >= 0.6 is 0 Å². The summed E-state index contributed by atoms with van der Waals surface area (Å²) >= 11 is 0. The van der Waals surface area contributed by atoms with Crippen LogP contribution in [-0.4, -0.2) is 19.2 Å². The average Bonchev–Trinajstić information content (AvgIpc) is 2.49. The molecule has 1 radical (unpaired) electrons. The van der Waals surface area contributed by atoms with Gasteiger partial charge in [-0.25, -0.2) is 9.59 Å². The molecule has 0 fully saturated rings. The summed E-state index contributed by atoms with van der Waals surface area (Å²) in [5, 5.41) is -0.0767. The van der Waals surface area contributed by atoms with Crippen LogP contribution in [0.4, 0.5) is 0 Å². The van der Waals surface area contributed by atoms with E-state index in [4.69, 9.17) is 0 Å². The molecule has 0 aromatic carbocycles. The molecule has 0 N–H and O–H groups in total. The molecule has 1 heterocycles.